The zero-order valence-corrected chi connectivity index (χ0v) is 19.3. The number of anilines is 1. The molecule has 164 valence electrons. The van der Waals surface area contributed by atoms with Gasteiger partial charge in [-0.3, -0.25) is 9.36 Å². The summed E-state index contributed by atoms with van der Waals surface area (Å²) in [4.78, 5) is 27.7. The van der Waals surface area contributed by atoms with E-state index in [0.717, 1.165) is 25.7 Å². The molecule has 1 aliphatic carbocycles. The second-order valence-electron chi connectivity index (χ2n) is 10.7. The van der Waals surface area contributed by atoms with Crippen molar-refractivity contribution in [1.82, 2.24) is 4.57 Å². The highest BCUT2D eigenvalue weighted by atomic mass is 16.6. The van der Waals surface area contributed by atoms with Gasteiger partial charge in [0.1, 0.15) is 5.60 Å². The lowest BCUT2D eigenvalue weighted by Gasteiger charge is -2.43. The van der Waals surface area contributed by atoms with Crippen LogP contribution in [0.2, 0.25) is 0 Å². The highest BCUT2D eigenvalue weighted by Gasteiger charge is 2.41. The molecule has 6 nitrogen and oxygen atoms in total. The summed E-state index contributed by atoms with van der Waals surface area (Å²) >= 11 is 0. The van der Waals surface area contributed by atoms with Crippen LogP contribution in [0.5, 0.6) is 0 Å². The molecular weight excluding hydrogens is 368 g/mol. The monoisotopic (exact) mass is 406 g/mol. The minimum Gasteiger partial charge on any atom is -0.443 e. The topological polar surface area (TPSA) is 71.8 Å². The Labute approximate surface area is 175 Å². The first-order valence-corrected chi connectivity index (χ1v) is 10.6. The van der Waals surface area contributed by atoms with Crippen molar-refractivity contribution in [2.75, 3.05) is 4.90 Å². The van der Waals surface area contributed by atoms with Gasteiger partial charge in [-0.2, -0.15) is 0 Å². The third-order valence-electron chi connectivity index (χ3n) is 6.05. The van der Waals surface area contributed by atoms with Crippen LogP contribution in [0, 0.1) is 10.8 Å². The maximum Gasteiger partial charge on any atom is 0.418 e. The average Bonchev–Trinajstić information content (AvgIpc) is 3.04. The molecule has 0 aromatic carbocycles. The van der Waals surface area contributed by atoms with E-state index in [1.807, 2.05) is 20.8 Å². The predicted molar refractivity (Wildman–Crippen MR) is 115 cm³/mol. The van der Waals surface area contributed by atoms with Gasteiger partial charge < -0.3 is 14.7 Å². The number of aliphatic hydroxyl groups is 1. The van der Waals surface area contributed by atoms with Gasteiger partial charge in [-0.1, -0.05) is 13.8 Å². The minimum absolute atomic E-state index is 0.0445. The molecule has 0 saturated heterocycles. The van der Waals surface area contributed by atoms with Gasteiger partial charge in [-0.05, 0) is 78.7 Å². The largest absolute Gasteiger partial charge is 0.443 e. The molecule has 1 heterocycles. The van der Waals surface area contributed by atoms with Crippen LogP contribution in [-0.4, -0.2) is 39.4 Å². The molecule has 0 radical (unpaired) electrons. The standard InChI is InChI=1S/C23H38N2O4/c1-16(26)23(7,8)19(27)25(17-9-12-22(5,6)13-10-17)18-11-14-24(15-18)20(28)29-21(2,3)4/h11,14-17,26H,9-10,12-13H2,1-8H3. The fourth-order valence-electron chi connectivity index (χ4n) is 3.58. The molecule has 1 fully saturated rings. The lowest BCUT2D eigenvalue weighted by molar-refractivity contribution is -0.132. The number of hydrogen-bond donors (Lipinski definition) is 1. The normalized spacial score (nSPS) is 18.9. The van der Waals surface area contributed by atoms with Crippen LogP contribution in [0.1, 0.15) is 81.1 Å². The highest BCUT2D eigenvalue weighted by Crippen LogP contribution is 2.40. The third kappa shape index (κ3) is 5.62. The van der Waals surface area contributed by atoms with Gasteiger partial charge in [0, 0.05) is 18.4 Å². The van der Waals surface area contributed by atoms with Crippen molar-refractivity contribution in [3.63, 3.8) is 0 Å². The first-order valence-electron chi connectivity index (χ1n) is 10.6. The van der Waals surface area contributed by atoms with Crippen LogP contribution in [0.15, 0.2) is 18.5 Å². The van der Waals surface area contributed by atoms with Crippen molar-refractivity contribution < 1.29 is 19.4 Å². The first kappa shape index (κ1) is 23.5. The fourth-order valence-corrected chi connectivity index (χ4v) is 3.58. The third-order valence-corrected chi connectivity index (χ3v) is 6.05. The van der Waals surface area contributed by atoms with Crippen molar-refractivity contribution in [2.45, 2.75) is 98.8 Å². The Bertz CT molecular complexity index is 730. The first-order chi connectivity index (χ1) is 13.1. The molecule has 0 spiro atoms. The number of ether oxygens (including phenoxy) is 1. The Morgan fingerprint density at radius 1 is 1.21 bits per heavy atom. The van der Waals surface area contributed by atoms with Crippen LogP contribution in [0.3, 0.4) is 0 Å². The number of hydrogen-bond acceptors (Lipinski definition) is 4. The molecule has 1 atom stereocenters. The van der Waals surface area contributed by atoms with Gasteiger partial charge in [0.15, 0.2) is 0 Å². The fraction of sp³-hybridized carbons (Fsp3) is 0.739. The molecule has 0 aliphatic heterocycles. The Balaban J connectivity index is 2.36. The Kier molecular flexibility index (Phi) is 6.58. The van der Waals surface area contributed by atoms with Gasteiger partial charge in [0.05, 0.1) is 17.2 Å². The summed E-state index contributed by atoms with van der Waals surface area (Å²) in [5.74, 6) is -0.126. The average molecular weight is 407 g/mol. The minimum atomic E-state index is -0.930. The van der Waals surface area contributed by atoms with Crippen LogP contribution < -0.4 is 4.90 Å². The molecule has 1 amide bonds. The summed E-state index contributed by atoms with van der Waals surface area (Å²) in [7, 11) is 0. The Hall–Kier alpha value is -1.82. The maximum atomic E-state index is 13.5. The molecule has 0 bridgehead atoms. The summed E-state index contributed by atoms with van der Waals surface area (Å²) in [5, 5.41) is 10.2. The second-order valence-corrected chi connectivity index (χ2v) is 10.7. The van der Waals surface area contributed by atoms with E-state index in [1.165, 1.54) is 4.57 Å². The molecule has 29 heavy (non-hydrogen) atoms. The zero-order chi connectivity index (χ0) is 22.2. The van der Waals surface area contributed by atoms with Crippen LogP contribution in [0.25, 0.3) is 0 Å². The van der Waals surface area contributed by atoms with E-state index in [9.17, 15) is 14.7 Å². The number of rotatable bonds is 4. The number of amides is 1. The maximum absolute atomic E-state index is 13.5. The molecular formula is C23H38N2O4. The van der Waals surface area contributed by atoms with E-state index < -0.39 is 23.2 Å². The van der Waals surface area contributed by atoms with Gasteiger partial charge in [0.2, 0.25) is 5.91 Å². The van der Waals surface area contributed by atoms with Crippen LogP contribution in [0.4, 0.5) is 10.5 Å². The van der Waals surface area contributed by atoms with E-state index in [-0.39, 0.29) is 17.4 Å². The highest BCUT2D eigenvalue weighted by molar-refractivity contribution is 5.98. The quantitative estimate of drug-likeness (QED) is 0.765. The van der Waals surface area contributed by atoms with E-state index >= 15 is 0 Å². The van der Waals surface area contributed by atoms with Crippen molar-refractivity contribution in [3.05, 3.63) is 18.5 Å². The molecule has 1 N–H and O–H groups in total. The van der Waals surface area contributed by atoms with Gasteiger partial charge in [-0.25, -0.2) is 4.79 Å². The van der Waals surface area contributed by atoms with Crippen LogP contribution >= 0.6 is 0 Å². The smallest absolute Gasteiger partial charge is 0.418 e. The molecule has 2 rings (SSSR count). The van der Waals surface area contributed by atoms with E-state index in [2.05, 4.69) is 13.8 Å². The summed E-state index contributed by atoms with van der Waals surface area (Å²) in [5.41, 5.74) is -0.589. The molecule has 1 unspecified atom stereocenters. The molecule has 1 aromatic heterocycles. The number of aromatic nitrogens is 1. The number of aliphatic hydroxyl groups excluding tert-OH is 1. The number of carbonyl (C=O) groups excluding carboxylic acids is 2. The summed E-state index contributed by atoms with van der Waals surface area (Å²) < 4.78 is 6.81. The lowest BCUT2D eigenvalue weighted by Crippen LogP contribution is -2.52. The van der Waals surface area contributed by atoms with Crippen molar-refractivity contribution in [3.8, 4) is 0 Å². The lowest BCUT2D eigenvalue weighted by atomic mass is 9.74. The number of carbonyl (C=O) groups is 2. The molecule has 6 heteroatoms. The Morgan fingerprint density at radius 3 is 2.24 bits per heavy atom. The van der Waals surface area contributed by atoms with Crippen molar-refractivity contribution >= 4 is 17.7 Å². The van der Waals surface area contributed by atoms with E-state index in [1.54, 1.807) is 44.1 Å². The van der Waals surface area contributed by atoms with Crippen molar-refractivity contribution in [1.29, 1.82) is 0 Å². The van der Waals surface area contributed by atoms with E-state index in [0.29, 0.717) is 5.69 Å². The van der Waals surface area contributed by atoms with Gasteiger partial charge in [0.25, 0.3) is 0 Å². The second kappa shape index (κ2) is 8.13. The summed E-state index contributed by atoms with van der Waals surface area (Å²) in [6, 6.07) is 1.82. The Morgan fingerprint density at radius 2 is 1.76 bits per heavy atom. The molecule has 1 aliphatic rings. The van der Waals surface area contributed by atoms with Gasteiger partial charge >= 0.3 is 6.09 Å². The van der Waals surface area contributed by atoms with Crippen molar-refractivity contribution in [2.24, 2.45) is 10.8 Å². The summed E-state index contributed by atoms with van der Waals surface area (Å²) in [6.07, 6.45) is 5.88. The SMILES string of the molecule is CC(O)C(C)(C)C(=O)N(c1ccn(C(=O)OC(C)(C)C)c1)C1CCC(C)(C)CC1. The summed E-state index contributed by atoms with van der Waals surface area (Å²) in [6.45, 7) is 15.2. The van der Waals surface area contributed by atoms with E-state index in [4.69, 9.17) is 4.74 Å². The van der Waals surface area contributed by atoms with Crippen LogP contribution in [-0.2, 0) is 9.53 Å². The van der Waals surface area contributed by atoms with Gasteiger partial charge in [-0.15, -0.1) is 0 Å². The predicted octanol–water partition coefficient (Wildman–Crippen LogP) is 4.98. The number of nitrogens with zero attached hydrogens (tertiary/aromatic N) is 2. The zero-order valence-electron chi connectivity index (χ0n) is 19.3. The molecule has 1 saturated carbocycles. The molecule has 1 aromatic rings.